The van der Waals surface area contributed by atoms with Crippen molar-refractivity contribution in [2.45, 2.75) is 33.7 Å². The summed E-state index contributed by atoms with van der Waals surface area (Å²) in [6.45, 7) is 9.03. The normalized spacial score (nSPS) is 20.8. The van der Waals surface area contributed by atoms with Gasteiger partial charge < -0.3 is 5.32 Å². The van der Waals surface area contributed by atoms with Crippen LogP contribution in [0.4, 0.5) is 0 Å². The molecule has 1 aliphatic heterocycles. The number of nitrogens with one attached hydrogen (secondary N) is 2. The van der Waals surface area contributed by atoms with Crippen molar-refractivity contribution in [2.75, 3.05) is 6.54 Å². The molecule has 0 radical (unpaired) electrons. The Morgan fingerprint density at radius 1 is 1.26 bits per heavy atom. The van der Waals surface area contributed by atoms with Gasteiger partial charge in [0.25, 0.3) is 5.91 Å². The maximum atomic E-state index is 12.0. The number of aryl methyl sites for hydroxylation is 2. The van der Waals surface area contributed by atoms with Gasteiger partial charge in [-0.1, -0.05) is 32.0 Å². The summed E-state index contributed by atoms with van der Waals surface area (Å²) in [5, 5.41) is 5.94. The highest BCUT2D eigenvalue weighted by atomic mass is 16.2. The maximum Gasteiger partial charge on any atom is 0.253 e. The molecule has 1 fully saturated rings. The molecule has 102 valence electrons. The van der Waals surface area contributed by atoms with Crippen LogP contribution < -0.4 is 10.6 Å². The molecule has 1 aromatic rings. The van der Waals surface area contributed by atoms with Crippen molar-refractivity contribution >= 4 is 11.9 Å². The summed E-state index contributed by atoms with van der Waals surface area (Å²) in [5.41, 5.74) is 3.41. The molecule has 1 aromatic carbocycles. The Bertz CT molecular complexity index is 520. The van der Waals surface area contributed by atoms with Gasteiger partial charge in [-0.05, 0) is 36.5 Å². The van der Waals surface area contributed by atoms with Crippen LogP contribution in [0.25, 0.3) is 0 Å². The van der Waals surface area contributed by atoms with Crippen molar-refractivity contribution in [3.63, 3.8) is 0 Å². The molecule has 19 heavy (non-hydrogen) atoms. The molecule has 4 heteroatoms. The average molecular weight is 259 g/mol. The molecule has 1 aliphatic rings. The van der Waals surface area contributed by atoms with Crippen LogP contribution in [0.15, 0.2) is 23.2 Å². The molecule has 4 nitrogen and oxygen atoms in total. The third-order valence-corrected chi connectivity index (χ3v) is 3.26. The van der Waals surface area contributed by atoms with E-state index >= 15 is 0 Å². The molecule has 1 unspecified atom stereocenters. The van der Waals surface area contributed by atoms with Crippen LogP contribution in [0, 0.1) is 19.8 Å². The topological polar surface area (TPSA) is 53.5 Å². The molecule has 0 aromatic heterocycles. The summed E-state index contributed by atoms with van der Waals surface area (Å²) < 4.78 is 0. The molecule has 1 heterocycles. The fraction of sp³-hybridized carbons (Fsp3) is 0.467. The van der Waals surface area contributed by atoms with Gasteiger partial charge >= 0.3 is 0 Å². The molecule has 0 aliphatic carbocycles. The average Bonchev–Trinajstić information content (AvgIpc) is 2.72. The Kier molecular flexibility index (Phi) is 3.88. The zero-order valence-corrected chi connectivity index (χ0v) is 11.9. The number of carbonyl (C=O) groups is 1. The highest BCUT2D eigenvalue weighted by molar-refractivity contribution is 6.06. The molecule has 0 spiro atoms. The van der Waals surface area contributed by atoms with Gasteiger partial charge in [-0.3, -0.25) is 15.1 Å². The van der Waals surface area contributed by atoms with E-state index in [-0.39, 0.29) is 11.9 Å². The second kappa shape index (κ2) is 5.43. The minimum Gasteiger partial charge on any atom is -0.340 e. The van der Waals surface area contributed by atoms with Gasteiger partial charge in [0.2, 0.25) is 0 Å². The van der Waals surface area contributed by atoms with Crippen LogP contribution in [0.3, 0.4) is 0 Å². The third-order valence-electron chi connectivity index (χ3n) is 3.26. The van der Waals surface area contributed by atoms with E-state index in [1.54, 1.807) is 0 Å². The SMILES string of the molecule is Cc1ccc(C2NC(=NCC(C)C)NC2=O)cc1C. The Balaban J connectivity index is 2.15. The minimum absolute atomic E-state index is 0.0363. The Morgan fingerprint density at radius 2 is 2.00 bits per heavy atom. The van der Waals surface area contributed by atoms with Crippen molar-refractivity contribution in [2.24, 2.45) is 10.9 Å². The van der Waals surface area contributed by atoms with E-state index in [9.17, 15) is 4.79 Å². The number of rotatable bonds is 3. The lowest BCUT2D eigenvalue weighted by atomic mass is 10.0. The molecular weight excluding hydrogens is 238 g/mol. The predicted molar refractivity (Wildman–Crippen MR) is 77.1 cm³/mol. The highest BCUT2D eigenvalue weighted by Crippen LogP contribution is 2.19. The van der Waals surface area contributed by atoms with E-state index in [4.69, 9.17) is 0 Å². The molecule has 1 amide bonds. The molecule has 0 bridgehead atoms. The van der Waals surface area contributed by atoms with Crippen LogP contribution in [-0.4, -0.2) is 18.4 Å². The van der Waals surface area contributed by atoms with Gasteiger partial charge in [-0.2, -0.15) is 0 Å². The summed E-state index contributed by atoms with van der Waals surface area (Å²) >= 11 is 0. The number of carbonyl (C=O) groups excluding carboxylic acids is 1. The smallest absolute Gasteiger partial charge is 0.253 e. The van der Waals surface area contributed by atoms with Crippen molar-refractivity contribution in [3.05, 3.63) is 34.9 Å². The highest BCUT2D eigenvalue weighted by Gasteiger charge is 2.29. The van der Waals surface area contributed by atoms with E-state index in [0.717, 1.165) is 5.56 Å². The van der Waals surface area contributed by atoms with Crippen LogP contribution in [0.5, 0.6) is 0 Å². The van der Waals surface area contributed by atoms with Gasteiger partial charge in [0.1, 0.15) is 6.04 Å². The second-order valence-corrected chi connectivity index (χ2v) is 5.49. The number of hydrogen-bond acceptors (Lipinski definition) is 2. The number of benzene rings is 1. The molecule has 1 saturated heterocycles. The van der Waals surface area contributed by atoms with Gasteiger partial charge in [0.05, 0.1) is 0 Å². The number of guanidine groups is 1. The molecule has 2 rings (SSSR count). The Labute approximate surface area is 114 Å². The van der Waals surface area contributed by atoms with E-state index in [1.807, 2.05) is 12.1 Å². The maximum absolute atomic E-state index is 12.0. The lowest BCUT2D eigenvalue weighted by Gasteiger charge is -2.10. The Morgan fingerprint density at radius 3 is 2.63 bits per heavy atom. The minimum atomic E-state index is -0.329. The van der Waals surface area contributed by atoms with E-state index in [2.05, 4.69) is 49.4 Å². The summed E-state index contributed by atoms with van der Waals surface area (Å²) in [6, 6.07) is 5.76. The van der Waals surface area contributed by atoms with Gasteiger partial charge in [-0.25, -0.2) is 0 Å². The third kappa shape index (κ3) is 3.13. The zero-order valence-electron chi connectivity index (χ0n) is 11.9. The quantitative estimate of drug-likeness (QED) is 0.873. The molecular formula is C15H21N3O. The zero-order chi connectivity index (χ0) is 14.0. The van der Waals surface area contributed by atoms with Gasteiger partial charge in [-0.15, -0.1) is 0 Å². The summed E-state index contributed by atoms with van der Waals surface area (Å²) in [5.74, 6) is 1.03. The fourth-order valence-corrected chi connectivity index (χ4v) is 1.97. The molecule has 1 atom stereocenters. The van der Waals surface area contributed by atoms with E-state index in [0.29, 0.717) is 18.4 Å². The van der Waals surface area contributed by atoms with Gasteiger partial charge in [0.15, 0.2) is 5.96 Å². The molecule has 2 N–H and O–H groups in total. The van der Waals surface area contributed by atoms with Crippen molar-refractivity contribution in [1.29, 1.82) is 0 Å². The standard InChI is InChI=1S/C15H21N3O/c1-9(2)8-16-15-17-13(14(19)18-15)12-6-5-10(3)11(4)7-12/h5-7,9,13H,8H2,1-4H3,(H2,16,17,18,19). The van der Waals surface area contributed by atoms with Crippen LogP contribution in [0.2, 0.25) is 0 Å². The van der Waals surface area contributed by atoms with E-state index in [1.165, 1.54) is 11.1 Å². The van der Waals surface area contributed by atoms with Crippen molar-refractivity contribution in [1.82, 2.24) is 10.6 Å². The first-order valence-electron chi connectivity index (χ1n) is 6.66. The fourth-order valence-electron chi connectivity index (χ4n) is 1.97. The van der Waals surface area contributed by atoms with Crippen LogP contribution in [-0.2, 0) is 4.79 Å². The first kappa shape index (κ1) is 13.6. The van der Waals surface area contributed by atoms with Crippen LogP contribution >= 0.6 is 0 Å². The first-order valence-corrected chi connectivity index (χ1v) is 6.66. The summed E-state index contributed by atoms with van der Waals surface area (Å²) in [7, 11) is 0. The number of nitrogens with zero attached hydrogens (tertiary/aromatic N) is 1. The van der Waals surface area contributed by atoms with E-state index < -0.39 is 0 Å². The second-order valence-electron chi connectivity index (χ2n) is 5.49. The largest absolute Gasteiger partial charge is 0.340 e. The lowest BCUT2D eigenvalue weighted by molar-refractivity contribution is -0.120. The molecule has 0 saturated carbocycles. The number of hydrogen-bond donors (Lipinski definition) is 2. The summed E-state index contributed by atoms with van der Waals surface area (Å²) in [4.78, 5) is 16.3. The number of amides is 1. The summed E-state index contributed by atoms with van der Waals surface area (Å²) in [6.07, 6.45) is 0. The number of aliphatic imine (C=N–C) groups is 1. The Hall–Kier alpha value is -1.84. The van der Waals surface area contributed by atoms with Crippen molar-refractivity contribution in [3.8, 4) is 0 Å². The lowest BCUT2D eigenvalue weighted by Crippen LogP contribution is -2.26. The first-order chi connectivity index (χ1) is 8.97. The predicted octanol–water partition coefficient (Wildman–Crippen LogP) is 2.08. The monoisotopic (exact) mass is 259 g/mol. The van der Waals surface area contributed by atoms with Gasteiger partial charge in [0, 0.05) is 6.54 Å². The van der Waals surface area contributed by atoms with Crippen molar-refractivity contribution < 1.29 is 4.79 Å². The van der Waals surface area contributed by atoms with Crippen LogP contribution in [0.1, 0.15) is 36.6 Å².